The monoisotopic (exact) mass is 249 g/mol. The summed E-state index contributed by atoms with van der Waals surface area (Å²) in [5.41, 5.74) is 1.47. The molecule has 2 N–H and O–H groups in total. The van der Waals surface area contributed by atoms with Crippen molar-refractivity contribution in [3.05, 3.63) is 18.0 Å². The van der Waals surface area contributed by atoms with E-state index < -0.39 is 0 Å². The van der Waals surface area contributed by atoms with Crippen LogP contribution in [0.15, 0.2) is 12.4 Å². The van der Waals surface area contributed by atoms with Gasteiger partial charge in [-0.15, -0.1) is 0 Å². The molecule has 4 atom stereocenters. The summed E-state index contributed by atoms with van der Waals surface area (Å²) in [4.78, 5) is 0. The van der Waals surface area contributed by atoms with Crippen LogP contribution in [-0.4, -0.2) is 29.0 Å². The topological polar surface area (TPSA) is 49.9 Å². The number of H-pyrrole nitrogens is 1. The average molecular weight is 249 g/mol. The molecule has 0 bridgehead atoms. The Hall–Kier alpha value is -0.870. The molecule has 1 saturated carbocycles. The van der Waals surface area contributed by atoms with Gasteiger partial charge in [-0.25, -0.2) is 0 Å². The molecule has 1 aliphatic heterocycles. The second-order valence-electron chi connectivity index (χ2n) is 6.32. The van der Waals surface area contributed by atoms with E-state index in [0.29, 0.717) is 24.1 Å². The molecule has 4 unspecified atom stereocenters. The van der Waals surface area contributed by atoms with Crippen molar-refractivity contribution >= 4 is 0 Å². The molecule has 2 heterocycles. The Morgan fingerprint density at radius 2 is 2.39 bits per heavy atom. The van der Waals surface area contributed by atoms with E-state index in [1.165, 1.54) is 18.4 Å². The summed E-state index contributed by atoms with van der Waals surface area (Å²) in [7, 11) is 0. The number of rotatable bonds is 3. The van der Waals surface area contributed by atoms with Crippen LogP contribution in [-0.2, 0) is 4.74 Å². The Morgan fingerprint density at radius 3 is 3.11 bits per heavy atom. The molecular formula is C14H23N3O. The van der Waals surface area contributed by atoms with Crippen molar-refractivity contribution in [2.75, 3.05) is 6.61 Å². The molecule has 1 aliphatic carbocycles. The second kappa shape index (κ2) is 4.35. The zero-order valence-corrected chi connectivity index (χ0v) is 11.4. The maximum absolute atomic E-state index is 5.94. The van der Waals surface area contributed by atoms with Gasteiger partial charge in [0.1, 0.15) is 0 Å². The normalized spacial score (nSPS) is 35.6. The lowest BCUT2D eigenvalue weighted by Crippen LogP contribution is -2.69. The van der Waals surface area contributed by atoms with Crippen LogP contribution in [0.2, 0.25) is 0 Å². The molecule has 0 amide bonds. The number of hydrogen-bond acceptors (Lipinski definition) is 3. The highest BCUT2D eigenvalue weighted by Gasteiger charge is 2.57. The van der Waals surface area contributed by atoms with E-state index in [9.17, 15) is 0 Å². The van der Waals surface area contributed by atoms with Crippen molar-refractivity contribution < 1.29 is 4.74 Å². The van der Waals surface area contributed by atoms with Gasteiger partial charge in [0.25, 0.3) is 0 Å². The number of fused-ring (bicyclic) bond motifs is 1. The van der Waals surface area contributed by atoms with Crippen LogP contribution in [0.25, 0.3) is 0 Å². The van der Waals surface area contributed by atoms with Gasteiger partial charge < -0.3 is 10.1 Å². The van der Waals surface area contributed by atoms with Gasteiger partial charge in [-0.1, -0.05) is 13.8 Å². The average Bonchev–Trinajstić information content (AvgIpc) is 2.89. The van der Waals surface area contributed by atoms with E-state index >= 15 is 0 Å². The number of nitrogens with zero attached hydrogens (tertiary/aromatic N) is 1. The predicted molar refractivity (Wildman–Crippen MR) is 70.2 cm³/mol. The van der Waals surface area contributed by atoms with E-state index in [0.717, 1.165) is 6.61 Å². The van der Waals surface area contributed by atoms with Crippen LogP contribution in [0.4, 0.5) is 0 Å². The summed E-state index contributed by atoms with van der Waals surface area (Å²) in [6, 6.07) is 0.892. The highest BCUT2D eigenvalue weighted by atomic mass is 16.5. The Balaban J connectivity index is 1.69. The molecule has 18 heavy (non-hydrogen) atoms. The Kier molecular flexibility index (Phi) is 2.94. The van der Waals surface area contributed by atoms with Gasteiger partial charge in [0, 0.05) is 41.8 Å². The number of aromatic nitrogens is 2. The Bertz CT molecular complexity index is 401. The number of nitrogens with one attached hydrogen (secondary N) is 2. The van der Waals surface area contributed by atoms with Gasteiger partial charge >= 0.3 is 0 Å². The summed E-state index contributed by atoms with van der Waals surface area (Å²) in [5, 5.41) is 10.7. The van der Waals surface area contributed by atoms with Crippen LogP contribution < -0.4 is 5.32 Å². The molecular weight excluding hydrogens is 226 g/mol. The van der Waals surface area contributed by atoms with Crippen LogP contribution in [0.5, 0.6) is 0 Å². The molecule has 0 radical (unpaired) electrons. The van der Waals surface area contributed by atoms with Gasteiger partial charge in [-0.05, 0) is 19.8 Å². The first kappa shape index (κ1) is 12.2. The van der Waals surface area contributed by atoms with E-state index in [1.54, 1.807) is 0 Å². The molecule has 0 spiro atoms. The highest BCUT2D eigenvalue weighted by Crippen LogP contribution is 2.51. The maximum Gasteiger partial charge on any atom is 0.0684 e. The van der Waals surface area contributed by atoms with Crippen LogP contribution in [0.1, 0.15) is 45.2 Å². The zero-order chi connectivity index (χ0) is 12.8. The molecule has 2 fully saturated rings. The van der Waals surface area contributed by atoms with Crippen molar-refractivity contribution in [2.45, 2.75) is 51.8 Å². The Morgan fingerprint density at radius 1 is 1.56 bits per heavy atom. The molecule has 1 aromatic heterocycles. The van der Waals surface area contributed by atoms with Gasteiger partial charge in [-0.3, -0.25) is 5.10 Å². The molecule has 4 nitrogen and oxygen atoms in total. The fourth-order valence-corrected chi connectivity index (χ4v) is 3.72. The SMILES string of the molecule is CC(NC1C2CCCOC2C1(C)C)c1cn[nH]c1. The fourth-order valence-electron chi connectivity index (χ4n) is 3.72. The van der Waals surface area contributed by atoms with E-state index in [-0.39, 0.29) is 5.41 Å². The first-order valence-electron chi connectivity index (χ1n) is 6.97. The van der Waals surface area contributed by atoms with Crippen molar-refractivity contribution in [2.24, 2.45) is 11.3 Å². The minimum Gasteiger partial charge on any atom is -0.377 e. The molecule has 4 heteroatoms. The summed E-state index contributed by atoms with van der Waals surface area (Å²) in [5.74, 6) is 0.683. The predicted octanol–water partition coefficient (Wildman–Crippen LogP) is 2.26. The van der Waals surface area contributed by atoms with Crippen LogP contribution >= 0.6 is 0 Å². The van der Waals surface area contributed by atoms with E-state index in [2.05, 4.69) is 36.3 Å². The van der Waals surface area contributed by atoms with Crippen molar-refractivity contribution in [3.8, 4) is 0 Å². The van der Waals surface area contributed by atoms with Gasteiger partial charge in [0.15, 0.2) is 0 Å². The summed E-state index contributed by atoms with van der Waals surface area (Å²) in [6.07, 6.45) is 6.82. The quantitative estimate of drug-likeness (QED) is 0.864. The fraction of sp³-hybridized carbons (Fsp3) is 0.786. The molecule has 1 saturated heterocycles. The van der Waals surface area contributed by atoms with Crippen LogP contribution in [0, 0.1) is 11.3 Å². The lowest BCUT2D eigenvalue weighted by atomic mass is 9.55. The lowest BCUT2D eigenvalue weighted by Gasteiger charge is -2.60. The number of ether oxygens (including phenoxy) is 1. The van der Waals surface area contributed by atoms with E-state index in [4.69, 9.17) is 4.74 Å². The maximum atomic E-state index is 5.94. The van der Waals surface area contributed by atoms with Crippen molar-refractivity contribution in [1.29, 1.82) is 0 Å². The first-order chi connectivity index (χ1) is 8.60. The standard InChI is InChI=1S/C14H23N3O/c1-9(10-7-15-16-8-10)17-12-11-5-4-6-18-13(11)14(12,2)3/h7-9,11-13,17H,4-6H2,1-3H3,(H,15,16). The van der Waals surface area contributed by atoms with Crippen molar-refractivity contribution in [3.63, 3.8) is 0 Å². The third kappa shape index (κ3) is 1.79. The second-order valence-corrected chi connectivity index (χ2v) is 6.32. The molecule has 1 aromatic rings. The summed E-state index contributed by atoms with van der Waals surface area (Å²) >= 11 is 0. The Labute approximate surface area is 108 Å². The molecule has 100 valence electrons. The zero-order valence-electron chi connectivity index (χ0n) is 11.4. The van der Waals surface area contributed by atoms with Crippen LogP contribution in [0.3, 0.4) is 0 Å². The van der Waals surface area contributed by atoms with E-state index in [1.807, 2.05) is 12.4 Å². The minimum absolute atomic E-state index is 0.239. The first-order valence-corrected chi connectivity index (χ1v) is 6.97. The van der Waals surface area contributed by atoms with Gasteiger partial charge in [-0.2, -0.15) is 5.10 Å². The highest BCUT2D eigenvalue weighted by molar-refractivity contribution is 5.14. The third-order valence-corrected chi connectivity index (χ3v) is 4.78. The largest absolute Gasteiger partial charge is 0.377 e. The molecule has 3 rings (SSSR count). The van der Waals surface area contributed by atoms with Gasteiger partial charge in [0.05, 0.1) is 12.3 Å². The smallest absolute Gasteiger partial charge is 0.0684 e. The third-order valence-electron chi connectivity index (χ3n) is 4.78. The number of hydrogen-bond donors (Lipinski definition) is 2. The summed E-state index contributed by atoms with van der Waals surface area (Å²) < 4.78 is 5.94. The minimum atomic E-state index is 0.239. The number of aromatic amines is 1. The molecule has 0 aromatic carbocycles. The van der Waals surface area contributed by atoms with Crippen molar-refractivity contribution in [1.82, 2.24) is 15.5 Å². The van der Waals surface area contributed by atoms with Gasteiger partial charge in [0.2, 0.25) is 0 Å². The molecule has 2 aliphatic rings. The summed E-state index contributed by atoms with van der Waals surface area (Å²) in [6.45, 7) is 7.78. The lowest BCUT2D eigenvalue weighted by molar-refractivity contribution is -0.194.